The number of ether oxygens (including phenoxy) is 1. The Hall–Kier alpha value is -0.920. The van der Waals surface area contributed by atoms with E-state index in [4.69, 9.17) is 4.74 Å². The maximum absolute atomic E-state index is 5.32. The molecule has 0 aromatic heterocycles. The first-order chi connectivity index (χ1) is 5.38. The van der Waals surface area contributed by atoms with Gasteiger partial charge in [0, 0.05) is 12.8 Å². The fraction of sp³-hybridized carbons (Fsp3) is 0.600. The zero-order valence-corrected chi connectivity index (χ0v) is 6.98. The van der Waals surface area contributed by atoms with Crippen molar-refractivity contribution < 1.29 is 4.74 Å². The van der Waals surface area contributed by atoms with Crippen molar-refractivity contribution in [1.82, 2.24) is 0 Å². The lowest BCUT2D eigenvalue weighted by Gasteiger charge is -1.80. The molecule has 1 fully saturated rings. The average Bonchev–Trinajstić information content (AvgIpc) is 2.76. The van der Waals surface area contributed by atoms with E-state index in [-0.39, 0.29) is 0 Å². The second kappa shape index (κ2) is 4.06. The highest BCUT2D eigenvalue weighted by Gasteiger charge is 2.36. The van der Waals surface area contributed by atoms with Crippen LogP contribution in [0.4, 0.5) is 0 Å². The van der Waals surface area contributed by atoms with Crippen LogP contribution < -0.4 is 0 Å². The van der Waals surface area contributed by atoms with Gasteiger partial charge >= 0.3 is 0 Å². The highest BCUT2D eigenvalue weighted by atomic mass is 16.6. The Kier molecular flexibility index (Phi) is 3.02. The van der Waals surface area contributed by atoms with Crippen LogP contribution in [-0.4, -0.2) is 12.2 Å². The first kappa shape index (κ1) is 8.18. The summed E-state index contributed by atoms with van der Waals surface area (Å²) in [5, 5.41) is 0. The topological polar surface area (TPSA) is 12.5 Å². The van der Waals surface area contributed by atoms with Gasteiger partial charge in [-0.25, -0.2) is 0 Å². The van der Waals surface area contributed by atoms with E-state index in [0.717, 1.165) is 12.8 Å². The molecule has 1 aliphatic heterocycles. The molecule has 1 heterocycles. The van der Waals surface area contributed by atoms with Crippen molar-refractivity contribution in [2.75, 3.05) is 0 Å². The summed E-state index contributed by atoms with van der Waals surface area (Å²) in [6.07, 6.45) is 2.46. The summed E-state index contributed by atoms with van der Waals surface area (Å²) in [6, 6.07) is 0. The van der Waals surface area contributed by atoms with E-state index in [1.165, 1.54) is 0 Å². The number of epoxide rings is 1. The van der Waals surface area contributed by atoms with Crippen molar-refractivity contribution in [2.24, 2.45) is 0 Å². The van der Waals surface area contributed by atoms with Gasteiger partial charge in [-0.2, -0.15) is 0 Å². The molecule has 1 rings (SSSR count). The van der Waals surface area contributed by atoms with Crippen LogP contribution in [0.25, 0.3) is 0 Å². The molecule has 1 nitrogen and oxygen atoms in total. The van der Waals surface area contributed by atoms with Crippen LogP contribution in [0.5, 0.6) is 0 Å². The molecule has 0 spiro atoms. The average molecular weight is 148 g/mol. The molecule has 2 atom stereocenters. The molecule has 11 heavy (non-hydrogen) atoms. The molecule has 0 bridgehead atoms. The van der Waals surface area contributed by atoms with Crippen LogP contribution in [-0.2, 0) is 4.74 Å². The largest absolute Gasteiger partial charge is 0.368 e. The number of rotatable bonds is 2. The Labute approximate surface area is 68.1 Å². The maximum Gasteiger partial charge on any atom is 0.0960 e. The van der Waals surface area contributed by atoms with Crippen molar-refractivity contribution in [1.29, 1.82) is 0 Å². The summed E-state index contributed by atoms with van der Waals surface area (Å²) in [6.45, 7) is 3.70. The Morgan fingerprint density at radius 1 is 1.00 bits per heavy atom. The Bertz CT molecular complexity index is 207. The van der Waals surface area contributed by atoms with Crippen LogP contribution in [0, 0.1) is 23.7 Å². The van der Waals surface area contributed by atoms with Crippen molar-refractivity contribution in [3.05, 3.63) is 0 Å². The Balaban J connectivity index is 2.13. The Morgan fingerprint density at radius 2 is 1.45 bits per heavy atom. The second-order valence-corrected chi connectivity index (χ2v) is 2.47. The lowest BCUT2D eigenvalue weighted by atomic mass is 10.2. The zero-order chi connectivity index (χ0) is 8.10. The molecular formula is C10H12O. The highest BCUT2D eigenvalue weighted by Crippen LogP contribution is 2.27. The van der Waals surface area contributed by atoms with E-state index >= 15 is 0 Å². The lowest BCUT2D eigenvalue weighted by molar-refractivity contribution is 0.374. The quantitative estimate of drug-likeness (QED) is 0.428. The van der Waals surface area contributed by atoms with E-state index in [2.05, 4.69) is 23.7 Å². The van der Waals surface area contributed by atoms with Crippen LogP contribution >= 0.6 is 0 Å². The zero-order valence-electron chi connectivity index (χ0n) is 6.98. The standard InChI is InChI=1S/C10H12O/c1-3-5-7-9-10(11-9)8-6-4-2/h9-10H,7-8H2,1-2H3/t9-,10?/m1/s1. The smallest absolute Gasteiger partial charge is 0.0960 e. The molecule has 0 amide bonds. The normalized spacial score (nSPS) is 26.0. The molecule has 58 valence electrons. The van der Waals surface area contributed by atoms with E-state index in [1.807, 2.05) is 13.8 Å². The van der Waals surface area contributed by atoms with Crippen molar-refractivity contribution >= 4 is 0 Å². The van der Waals surface area contributed by atoms with E-state index in [1.54, 1.807) is 0 Å². The summed E-state index contributed by atoms with van der Waals surface area (Å²) >= 11 is 0. The molecule has 0 radical (unpaired) electrons. The van der Waals surface area contributed by atoms with Gasteiger partial charge in [0.15, 0.2) is 0 Å². The summed E-state index contributed by atoms with van der Waals surface area (Å²) in [7, 11) is 0. The third-order valence-corrected chi connectivity index (χ3v) is 1.65. The molecule has 1 unspecified atom stereocenters. The van der Waals surface area contributed by atoms with Crippen molar-refractivity contribution in [3.8, 4) is 23.7 Å². The molecular weight excluding hydrogens is 136 g/mol. The lowest BCUT2D eigenvalue weighted by Crippen LogP contribution is -1.90. The maximum atomic E-state index is 5.32. The van der Waals surface area contributed by atoms with E-state index < -0.39 is 0 Å². The summed E-state index contributed by atoms with van der Waals surface area (Å²) < 4.78 is 5.32. The van der Waals surface area contributed by atoms with Crippen LogP contribution in [0.2, 0.25) is 0 Å². The molecule has 1 heteroatoms. The van der Waals surface area contributed by atoms with Gasteiger partial charge in [0.05, 0.1) is 12.2 Å². The van der Waals surface area contributed by atoms with E-state index in [0.29, 0.717) is 12.2 Å². The minimum atomic E-state index is 0.364. The fourth-order valence-corrected chi connectivity index (χ4v) is 0.944. The van der Waals surface area contributed by atoms with Crippen LogP contribution in [0.1, 0.15) is 26.7 Å². The van der Waals surface area contributed by atoms with Gasteiger partial charge in [0.1, 0.15) is 0 Å². The molecule has 0 N–H and O–H groups in total. The van der Waals surface area contributed by atoms with Crippen molar-refractivity contribution in [2.45, 2.75) is 38.9 Å². The number of hydrogen-bond acceptors (Lipinski definition) is 1. The molecule has 0 aromatic rings. The summed E-state index contributed by atoms with van der Waals surface area (Å²) in [5.41, 5.74) is 0. The molecule has 0 saturated carbocycles. The van der Waals surface area contributed by atoms with Gasteiger partial charge in [-0.1, -0.05) is 0 Å². The summed E-state index contributed by atoms with van der Waals surface area (Å²) in [4.78, 5) is 0. The number of hydrogen-bond donors (Lipinski definition) is 0. The molecule has 1 saturated heterocycles. The predicted octanol–water partition coefficient (Wildman–Crippen LogP) is 1.58. The van der Waals surface area contributed by atoms with Gasteiger partial charge in [0.25, 0.3) is 0 Å². The molecule has 1 aliphatic rings. The SMILES string of the molecule is CC#CCC1O[C@@H]1CC#CC. The second-order valence-electron chi connectivity index (χ2n) is 2.47. The van der Waals surface area contributed by atoms with Crippen LogP contribution in [0.15, 0.2) is 0 Å². The Morgan fingerprint density at radius 3 is 1.82 bits per heavy atom. The predicted molar refractivity (Wildman–Crippen MR) is 44.8 cm³/mol. The van der Waals surface area contributed by atoms with Crippen molar-refractivity contribution in [3.63, 3.8) is 0 Å². The van der Waals surface area contributed by atoms with Gasteiger partial charge < -0.3 is 4.74 Å². The minimum Gasteiger partial charge on any atom is -0.368 e. The van der Waals surface area contributed by atoms with Gasteiger partial charge in [0.2, 0.25) is 0 Å². The van der Waals surface area contributed by atoms with Gasteiger partial charge in [-0.05, 0) is 13.8 Å². The third-order valence-electron chi connectivity index (χ3n) is 1.65. The molecule has 0 aliphatic carbocycles. The molecule has 0 aromatic carbocycles. The fourth-order valence-electron chi connectivity index (χ4n) is 0.944. The monoisotopic (exact) mass is 148 g/mol. The first-order valence-electron chi connectivity index (χ1n) is 3.83. The minimum absolute atomic E-state index is 0.364. The third kappa shape index (κ3) is 2.66. The van der Waals surface area contributed by atoms with Gasteiger partial charge in [-0.15, -0.1) is 23.7 Å². The highest BCUT2D eigenvalue weighted by molar-refractivity contribution is 5.07. The van der Waals surface area contributed by atoms with Crippen LogP contribution in [0.3, 0.4) is 0 Å². The van der Waals surface area contributed by atoms with Gasteiger partial charge in [-0.3, -0.25) is 0 Å². The summed E-state index contributed by atoms with van der Waals surface area (Å²) in [5.74, 6) is 11.7. The van der Waals surface area contributed by atoms with E-state index in [9.17, 15) is 0 Å². The first-order valence-corrected chi connectivity index (χ1v) is 3.83.